The number of nitriles is 1. The second-order valence-electron chi connectivity index (χ2n) is 7.17. The summed E-state index contributed by atoms with van der Waals surface area (Å²) in [6.45, 7) is 2.41. The summed E-state index contributed by atoms with van der Waals surface area (Å²) in [5.41, 5.74) is 2.41. The van der Waals surface area contributed by atoms with E-state index in [-0.39, 0.29) is 11.3 Å². The number of carbonyl (C=O) groups excluding carboxylic acids is 2. The zero-order valence-electron chi connectivity index (χ0n) is 18.2. The van der Waals surface area contributed by atoms with Crippen molar-refractivity contribution in [2.45, 2.75) is 6.92 Å². The normalized spacial score (nSPS) is 13.2. The van der Waals surface area contributed by atoms with Gasteiger partial charge in [0.05, 0.1) is 36.6 Å². The van der Waals surface area contributed by atoms with E-state index in [1.165, 1.54) is 0 Å². The SMILES string of the molecule is CCOc1ccc(C2=C(Nc3cccc(OC)c3)C(=O)N(c3ccc(C#N)cc3)C2=O)cc1. The summed E-state index contributed by atoms with van der Waals surface area (Å²) >= 11 is 0. The van der Waals surface area contributed by atoms with Gasteiger partial charge in [0.2, 0.25) is 0 Å². The monoisotopic (exact) mass is 439 g/mol. The van der Waals surface area contributed by atoms with Gasteiger partial charge in [-0.1, -0.05) is 18.2 Å². The third-order valence-corrected chi connectivity index (χ3v) is 5.13. The topological polar surface area (TPSA) is 91.7 Å². The maximum Gasteiger partial charge on any atom is 0.282 e. The molecule has 3 aromatic rings. The summed E-state index contributed by atoms with van der Waals surface area (Å²) in [6.07, 6.45) is 0. The minimum atomic E-state index is -0.489. The highest BCUT2D eigenvalue weighted by atomic mass is 16.5. The van der Waals surface area contributed by atoms with E-state index in [0.717, 1.165) is 4.90 Å². The fourth-order valence-corrected chi connectivity index (χ4v) is 3.56. The summed E-state index contributed by atoms with van der Waals surface area (Å²) < 4.78 is 10.8. The molecular weight excluding hydrogens is 418 g/mol. The van der Waals surface area contributed by atoms with Crippen LogP contribution >= 0.6 is 0 Å². The first-order chi connectivity index (χ1) is 16.0. The minimum absolute atomic E-state index is 0.154. The van der Waals surface area contributed by atoms with Crippen LogP contribution in [0, 0.1) is 11.3 Å². The number of amides is 2. The molecule has 0 saturated heterocycles. The fraction of sp³-hybridized carbons (Fsp3) is 0.115. The third kappa shape index (κ3) is 4.27. The molecule has 1 N–H and O–H groups in total. The molecule has 0 bridgehead atoms. The molecule has 0 aromatic heterocycles. The predicted molar refractivity (Wildman–Crippen MR) is 125 cm³/mol. The number of imide groups is 1. The lowest BCUT2D eigenvalue weighted by Gasteiger charge is -2.15. The number of carbonyl (C=O) groups is 2. The van der Waals surface area contributed by atoms with Gasteiger partial charge in [-0.2, -0.15) is 5.26 Å². The smallest absolute Gasteiger partial charge is 0.282 e. The van der Waals surface area contributed by atoms with Crippen molar-refractivity contribution in [1.29, 1.82) is 5.26 Å². The maximum atomic E-state index is 13.5. The first-order valence-electron chi connectivity index (χ1n) is 10.3. The quantitative estimate of drug-likeness (QED) is 0.550. The number of nitrogens with zero attached hydrogens (tertiary/aromatic N) is 2. The Morgan fingerprint density at radius 3 is 2.30 bits per heavy atom. The Hall–Kier alpha value is -4.57. The molecule has 1 aliphatic rings. The summed E-state index contributed by atoms with van der Waals surface area (Å²) in [5.74, 6) is 0.337. The van der Waals surface area contributed by atoms with Crippen LogP contribution in [0.25, 0.3) is 5.57 Å². The lowest BCUT2D eigenvalue weighted by atomic mass is 10.0. The molecular formula is C26H21N3O4. The fourth-order valence-electron chi connectivity index (χ4n) is 3.56. The van der Waals surface area contributed by atoms with Gasteiger partial charge in [0, 0.05) is 11.8 Å². The molecule has 7 nitrogen and oxygen atoms in total. The molecule has 0 fully saturated rings. The van der Waals surface area contributed by atoms with E-state index in [1.54, 1.807) is 79.9 Å². The van der Waals surface area contributed by atoms with E-state index in [2.05, 4.69) is 5.32 Å². The number of hydrogen-bond donors (Lipinski definition) is 1. The highest BCUT2D eigenvalue weighted by molar-refractivity contribution is 6.46. The standard InChI is InChI=1S/C26H21N3O4/c1-3-33-21-13-9-18(10-14-21)23-24(28-19-5-4-6-22(15-19)32-2)26(31)29(25(23)30)20-11-7-17(16-27)8-12-20/h4-15,28H,3H2,1-2H3. The number of rotatable bonds is 7. The summed E-state index contributed by atoms with van der Waals surface area (Å²) in [6, 6.07) is 22.5. The molecule has 1 aliphatic heterocycles. The average molecular weight is 439 g/mol. The van der Waals surface area contributed by atoms with Crippen molar-refractivity contribution in [3.05, 3.63) is 89.6 Å². The first-order valence-corrected chi connectivity index (χ1v) is 10.3. The van der Waals surface area contributed by atoms with Gasteiger partial charge in [-0.25, -0.2) is 4.90 Å². The van der Waals surface area contributed by atoms with Crippen molar-refractivity contribution in [3.8, 4) is 17.6 Å². The first kappa shape index (κ1) is 21.7. The lowest BCUT2D eigenvalue weighted by Crippen LogP contribution is -2.32. The zero-order chi connectivity index (χ0) is 23.4. The van der Waals surface area contributed by atoms with E-state index in [4.69, 9.17) is 14.7 Å². The molecule has 4 rings (SSSR count). The van der Waals surface area contributed by atoms with E-state index >= 15 is 0 Å². The van der Waals surface area contributed by atoms with Gasteiger partial charge in [-0.3, -0.25) is 9.59 Å². The third-order valence-electron chi connectivity index (χ3n) is 5.13. The molecule has 0 spiro atoms. The van der Waals surface area contributed by atoms with Gasteiger partial charge in [-0.15, -0.1) is 0 Å². The van der Waals surface area contributed by atoms with Crippen LogP contribution in [0.15, 0.2) is 78.5 Å². The lowest BCUT2D eigenvalue weighted by molar-refractivity contribution is -0.120. The molecule has 0 unspecified atom stereocenters. The molecule has 1 heterocycles. The Morgan fingerprint density at radius 2 is 1.67 bits per heavy atom. The second-order valence-corrected chi connectivity index (χ2v) is 7.17. The van der Waals surface area contributed by atoms with Crippen LogP contribution in [0.4, 0.5) is 11.4 Å². The number of ether oxygens (including phenoxy) is 2. The van der Waals surface area contributed by atoms with Crippen molar-refractivity contribution < 1.29 is 19.1 Å². The van der Waals surface area contributed by atoms with Gasteiger partial charge < -0.3 is 14.8 Å². The van der Waals surface area contributed by atoms with E-state index in [0.29, 0.717) is 40.6 Å². The van der Waals surface area contributed by atoms with Crippen LogP contribution in [0.3, 0.4) is 0 Å². The zero-order valence-corrected chi connectivity index (χ0v) is 18.2. The van der Waals surface area contributed by atoms with Crippen LogP contribution in [0.5, 0.6) is 11.5 Å². The van der Waals surface area contributed by atoms with Gasteiger partial charge in [0.25, 0.3) is 11.8 Å². The van der Waals surface area contributed by atoms with Crippen molar-refractivity contribution in [1.82, 2.24) is 0 Å². The van der Waals surface area contributed by atoms with Gasteiger partial charge >= 0.3 is 0 Å². The summed E-state index contributed by atoms with van der Waals surface area (Å²) in [4.78, 5) is 28.0. The average Bonchev–Trinajstić information content (AvgIpc) is 3.09. The highest BCUT2D eigenvalue weighted by Gasteiger charge is 2.40. The van der Waals surface area contributed by atoms with Crippen molar-refractivity contribution >= 4 is 28.8 Å². The van der Waals surface area contributed by atoms with Crippen molar-refractivity contribution in [2.75, 3.05) is 23.9 Å². The molecule has 0 radical (unpaired) electrons. The Morgan fingerprint density at radius 1 is 0.939 bits per heavy atom. The largest absolute Gasteiger partial charge is 0.497 e. The highest BCUT2D eigenvalue weighted by Crippen LogP contribution is 2.35. The van der Waals surface area contributed by atoms with Gasteiger partial charge in [-0.05, 0) is 61.0 Å². The Kier molecular flexibility index (Phi) is 6.09. The molecule has 164 valence electrons. The maximum absolute atomic E-state index is 13.5. The second kappa shape index (κ2) is 9.28. The number of anilines is 2. The van der Waals surface area contributed by atoms with Crippen LogP contribution in [0.1, 0.15) is 18.1 Å². The van der Waals surface area contributed by atoms with Crippen LogP contribution in [0.2, 0.25) is 0 Å². The number of nitrogens with one attached hydrogen (secondary N) is 1. The van der Waals surface area contributed by atoms with Crippen molar-refractivity contribution in [2.24, 2.45) is 0 Å². The molecule has 33 heavy (non-hydrogen) atoms. The summed E-state index contributed by atoms with van der Waals surface area (Å²) in [7, 11) is 1.56. The molecule has 2 amide bonds. The number of benzene rings is 3. The van der Waals surface area contributed by atoms with E-state index in [9.17, 15) is 9.59 Å². The van der Waals surface area contributed by atoms with Crippen LogP contribution in [-0.4, -0.2) is 25.5 Å². The molecule has 0 aliphatic carbocycles. The minimum Gasteiger partial charge on any atom is -0.497 e. The number of methoxy groups -OCH3 is 1. The molecule has 0 atom stereocenters. The Balaban J connectivity index is 1.78. The molecule has 0 saturated carbocycles. The van der Waals surface area contributed by atoms with Crippen molar-refractivity contribution in [3.63, 3.8) is 0 Å². The predicted octanol–water partition coefficient (Wildman–Crippen LogP) is 4.36. The van der Waals surface area contributed by atoms with Gasteiger partial charge in [0.15, 0.2) is 0 Å². The van der Waals surface area contributed by atoms with Gasteiger partial charge in [0.1, 0.15) is 17.2 Å². The molecule has 3 aromatic carbocycles. The Labute approximate surface area is 191 Å². The molecule has 7 heteroatoms. The number of hydrogen-bond acceptors (Lipinski definition) is 6. The van der Waals surface area contributed by atoms with Crippen LogP contribution in [-0.2, 0) is 9.59 Å². The van der Waals surface area contributed by atoms with E-state index < -0.39 is 11.8 Å². The van der Waals surface area contributed by atoms with E-state index in [1.807, 2.05) is 13.0 Å². The Bertz CT molecular complexity index is 1270. The van der Waals surface area contributed by atoms with Crippen LogP contribution < -0.4 is 19.7 Å². The summed E-state index contributed by atoms with van der Waals surface area (Å²) in [5, 5.41) is 12.2.